The van der Waals surface area contributed by atoms with E-state index in [1.165, 1.54) is 12.1 Å². The number of anilines is 2. The van der Waals surface area contributed by atoms with Gasteiger partial charge in [0.2, 0.25) is 5.91 Å². The van der Waals surface area contributed by atoms with Crippen LogP contribution >= 0.6 is 0 Å². The first kappa shape index (κ1) is 21.0. The van der Waals surface area contributed by atoms with Crippen LogP contribution in [0.2, 0.25) is 0 Å². The number of aliphatic hydroxyl groups excluding tert-OH is 1. The Hall–Kier alpha value is -3.71. The quantitative estimate of drug-likeness (QED) is 0.457. The van der Waals surface area contributed by atoms with Crippen LogP contribution in [-0.4, -0.2) is 22.2 Å². The van der Waals surface area contributed by atoms with E-state index >= 15 is 0 Å². The van der Waals surface area contributed by atoms with Gasteiger partial charge in [0.05, 0.1) is 12.3 Å². The Balaban J connectivity index is 1.69. The maximum Gasteiger partial charge on any atom is 0.409 e. The lowest BCUT2D eigenvalue weighted by molar-refractivity contribution is -0.116. The number of hydrogen-bond donors (Lipinski definition) is 4. The number of rotatable bonds is 7. The summed E-state index contributed by atoms with van der Waals surface area (Å²) < 4.78 is 13.7. The van der Waals surface area contributed by atoms with Gasteiger partial charge >= 0.3 is 6.09 Å². The van der Waals surface area contributed by atoms with Crippen molar-refractivity contribution in [3.8, 4) is 11.1 Å². The molecule has 30 heavy (non-hydrogen) atoms. The molecule has 0 aromatic heterocycles. The van der Waals surface area contributed by atoms with Crippen molar-refractivity contribution in [3.05, 3.63) is 83.7 Å². The van der Waals surface area contributed by atoms with Crippen molar-refractivity contribution in [3.63, 3.8) is 0 Å². The van der Waals surface area contributed by atoms with Gasteiger partial charge in [-0.2, -0.15) is 0 Å². The van der Waals surface area contributed by atoms with E-state index in [2.05, 4.69) is 10.6 Å². The second kappa shape index (κ2) is 9.67. The van der Waals surface area contributed by atoms with Crippen molar-refractivity contribution < 1.29 is 24.2 Å². The monoisotopic (exact) mass is 408 g/mol. The Morgan fingerprint density at radius 1 is 0.933 bits per heavy atom. The van der Waals surface area contributed by atoms with E-state index < -0.39 is 18.5 Å². The minimum Gasteiger partial charge on any atom is -0.465 e. The Kier molecular flexibility index (Phi) is 6.77. The van der Waals surface area contributed by atoms with Crippen LogP contribution in [0.15, 0.2) is 66.7 Å². The number of amides is 2. The number of aliphatic hydroxyl groups is 1. The molecule has 2 amide bonds. The number of benzene rings is 3. The molecule has 0 aliphatic carbocycles. The fourth-order valence-corrected chi connectivity index (χ4v) is 3.07. The van der Waals surface area contributed by atoms with Crippen molar-refractivity contribution in [2.24, 2.45) is 0 Å². The highest BCUT2D eigenvalue weighted by atomic mass is 19.1. The topological polar surface area (TPSA) is 98.7 Å². The van der Waals surface area contributed by atoms with Crippen LogP contribution in [0.5, 0.6) is 0 Å². The van der Waals surface area contributed by atoms with Gasteiger partial charge in [0, 0.05) is 23.2 Å². The van der Waals surface area contributed by atoms with Gasteiger partial charge in [0.15, 0.2) is 0 Å². The number of carbonyl (C=O) groups excluding carboxylic acids is 1. The maximum atomic E-state index is 13.7. The van der Waals surface area contributed by atoms with Gasteiger partial charge in [0.25, 0.3) is 0 Å². The lowest BCUT2D eigenvalue weighted by atomic mass is 9.99. The van der Waals surface area contributed by atoms with Crippen molar-refractivity contribution in [1.82, 2.24) is 0 Å². The lowest BCUT2D eigenvalue weighted by Crippen LogP contribution is -2.13. The van der Waals surface area contributed by atoms with Gasteiger partial charge < -0.3 is 15.5 Å². The summed E-state index contributed by atoms with van der Waals surface area (Å²) >= 11 is 0. The van der Waals surface area contributed by atoms with E-state index in [0.29, 0.717) is 17.8 Å². The number of carbonyl (C=O) groups is 2. The molecule has 4 N–H and O–H groups in total. The molecule has 154 valence electrons. The molecule has 0 atom stereocenters. The third-order valence-corrected chi connectivity index (χ3v) is 4.56. The zero-order valence-corrected chi connectivity index (χ0v) is 16.1. The summed E-state index contributed by atoms with van der Waals surface area (Å²) in [5.41, 5.74) is 3.31. The highest BCUT2D eigenvalue weighted by Gasteiger charge is 2.11. The van der Waals surface area contributed by atoms with Crippen LogP contribution in [0, 0.1) is 5.82 Å². The summed E-state index contributed by atoms with van der Waals surface area (Å²) in [6, 6.07) is 18.9. The van der Waals surface area contributed by atoms with E-state index in [0.717, 1.165) is 22.8 Å². The Labute approximate surface area is 173 Å². The standard InChI is InChI=1S/C23H21FN2O4/c24-20-13-18(9-8-17(20)14-27)25-22(28)11-7-15-6-10-19(16-4-2-1-3-5-16)21(12-15)26-23(29)30/h1-6,8-10,12-13,26-27H,7,11,14H2,(H,25,28)(H,29,30). The summed E-state index contributed by atoms with van der Waals surface area (Å²) in [5.74, 6) is -0.887. The second-order valence-corrected chi connectivity index (χ2v) is 6.69. The summed E-state index contributed by atoms with van der Waals surface area (Å²) in [4.78, 5) is 23.4. The summed E-state index contributed by atoms with van der Waals surface area (Å²) in [7, 11) is 0. The van der Waals surface area contributed by atoms with Crippen molar-refractivity contribution >= 4 is 23.4 Å². The van der Waals surface area contributed by atoms with Gasteiger partial charge in [-0.05, 0) is 35.7 Å². The van der Waals surface area contributed by atoms with Gasteiger partial charge in [-0.3, -0.25) is 10.1 Å². The number of hydrogen-bond acceptors (Lipinski definition) is 3. The average molecular weight is 408 g/mol. The molecule has 0 bridgehead atoms. The molecule has 0 aliphatic heterocycles. The van der Waals surface area contributed by atoms with Crippen LogP contribution < -0.4 is 10.6 Å². The SMILES string of the molecule is O=C(O)Nc1cc(CCC(=O)Nc2ccc(CO)c(F)c2)ccc1-c1ccccc1. The van der Waals surface area contributed by atoms with Gasteiger partial charge in [-0.15, -0.1) is 0 Å². The zero-order chi connectivity index (χ0) is 21.5. The minimum atomic E-state index is -1.17. The lowest BCUT2D eigenvalue weighted by Gasteiger charge is -2.12. The normalized spacial score (nSPS) is 10.5. The fraction of sp³-hybridized carbons (Fsp3) is 0.130. The van der Waals surface area contributed by atoms with E-state index in [-0.39, 0.29) is 17.9 Å². The predicted molar refractivity (Wildman–Crippen MR) is 113 cm³/mol. The molecular weight excluding hydrogens is 387 g/mol. The highest BCUT2D eigenvalue weighted by Crippen LogP contribution is 2.29. The molecule has 0 saturated heterocycles. The largest absolute Gasteiger partial charge is 0.465 e. The molecule has 0 heterocycles. The first-order valence-corrected chi connectivity index (χ1v) is 9.33. The van der Waals surface area contributed by atoms with Crippen LogP contribution in [0.1, 0.15) is 17.5 Å². The van der Waals surface area contributed by atoms with E-state index in [1.54, 1.807) is 6.07 Å². The Bertz CT molecular complexity index is 1050. The maximum absolute atomic E-state index is 13.7. The smallest absolute Gasteiger partial charge is 0.409 e. The molecule has 0 fully saturated rings. The zero-order valence-electron chi connectivity index (χ0n) is 16.1. The molecule has 0 saturated carbocycles. The van der Waals surface area contributed by atoms with Crippen molar-refractivity contribution in [1.29, 1.82) is 0 Å². The van der Waals surface area contributed by atoms with Crippen molar-refractivity contribution in [2.75, 3.05) is 10.6 Å². The highest BCUT2D eigenvalue weighted by molar-refractivity contribution is 5.92. The third-order valence-electron chi connectivity index (χ3n) is 4.56. The van der Waals surface area contributed by atoms with Crippen LogP contribution in [0.4, 0.5) is 20.6 Å². The molecular formula is C23H21FN2O4. The number of nitrogens with one attached hydrogen (secondary N) is 2. The van der Waals surface area contributed by atoms with Crippen molar-refractivity contribution in [2.45, 2.75) is 19.4 Å². The molecule has 0 spiro atoms. The predicted octanol–water partition coefficient (Wildman–Crippen LogP) is 4.65. The first-order valence-electron chi connectivity index (χ1n) is 9.33. The Morgan fingerprint density at radius 3 is 2.37 bits per heavy atom. The number of carboxylic acid groups (broad SMARTS) is 1. The van der Waals surface area contributed by atoms with Gasteiger partial charge in [-0.1, -0.05) is 48.5 Å². The summed E-state index contributed by atoms with van der Waals surface area (Å²) in [6.45, 7) is -0.411. The van der Waals surface area contributed by atoms with E-state index in [4.69, 9.17) is 10.2 Å². The van der Waals surface area contributed by atoms with E-state index in [1.807, 2.05) is 42.5 Å². The van der Waals surface area contributed by atoms with Crippen LogP contribution in [0.25, 0.3) is 11.1 Å². The molecule has 3 aromatic carbocycles. The molecule has 3 aromatic rings. The van der Waals surface area contributed by atoms with E-state index in [9.17, 15) is 14.0 Å². The molecule has 7 heteroatoms. The molecule has 3 rings (SSSR count). The second-order valence-electron chi connectivity index (χ2n) is 6.69. The van der Waals surface area contributed by atoms with Gasteiger partial charge in [0.1, 0.15) is 5.82 Å². The molecule has 0 unspecified atom stereocenters. The first-order chi connectivity index (χ1) is 14.5. The van der Waals surface area contributed by atoms with Gasteiger partial charge in [-0.25, -0.2) is 9.18 Å². The molecule has 0 aliphatic rings. The summed E-state index contributed by atoms with van der Waals surface area (Å²) in [6.07, 6.45) is -0.650. The molecule has 6 nitrogen and oxygen atoms in total. The average Bonchev–Trinajstić information content (AvgIpc) is 2.73. The number of aryl methyl sites for hydroxylation is 1. The third kappa shape index (κ3) is 5.42. The number of halogens is 1. The fourth-order valence-electron chi connectivity index (χ4n) is 3.07. The summed E-state index contributed by atoms with van der Waals surface area (Å²) in [5, 5.41) is 23.2. The minimum absolute atomic E-state index is 0.139. The van der Waals surface area contributed by atoms with Crippen LogP contribution in [-0.2, 0) is 17.8 Å². The van der Waals surface area contributed by atoms with Crippen LogP contribution in [0.3, 0.4) is 0 Å². The Morgan fingerprint density at radius 2 is 1.70 bits per heavy atom. The molecule has 0 radical (unpaired) electrons.